The molecule has 0 saturated carbocycles. The zero-order valence-corrected chi connectivity index (χ0v) is 21.2. The Bertz CT molecular complexity index is 1490. The molecule has 6 nitrogen and oxygen atoms in total. The van der Waals surface area contributed by atoms with Crippen LogP contribution in [0.2, 0.25) is 0 Å². The lowest BCUT2D eigenvalue weighted by Crippen LogP contribution is -1.99. The predicted molar refractivity (Wildman–Crippen MR) is 160 cm³/mol. The van der Waals surface area contributed by atoms with Gasteiger partial charge in [-0.05, 0) is 62.4 Å². The van der Waals surface area contributed by atoms with Gasteiger partial charge >= 0.3 is 0 Å². The van der Waals surface area contributed by atoms with Gasteiger partial charge in [0.1, 0.15) is 22.5 Å². The Morgan fingerprint density at radius 3 is 1.23 bits per heavy atom. The molecule has 0 fully saturated rings. The van der Waals surface area contributed by atoms with Gasteiger partial charge in [0.15, 0.2) is 28.9 Å². The lowest BCUT2D eigenvalue weighted by molar-refractivity contribution is -0.0999. The van der Waals surface area contributed by atoms with E-state index in [2.05, 4.69) is 9.97 Å². The molecule has 0 radical (unpaired) electrons. The van der Waals surface area contributed by atoms with Crippen molar-refractivity contribution in [2.24, 2.45) is 0 Å². The van der Waals surface area contributed by atoms with Gasteiger partial charge in [0.25, 0.3) is 0 Å². The highest BCUT2D eigenvalue weighted by Crippen LogP contribution is 2.22. The van der Waals surface area contributed by atoms with Crippen LogP contribution >= 0.6 is 0 Å². The van der Waals surface area contributed by atoms with Gasteiger partial charge in [-0.25, -0.2) is 9.97 Å². The molecule has 6 rings (SSSR count). The molecule has 0 saturated heterocycles. The average Bonchev–Trinajstić information content (AvgIpc) is 2.95. The number of nitrogens with zero attached hydrogens (tertiary/aromatic N) is 2. The summed E-state index contributed by atoms with van der Waals surface area (Å²) in [6.07, 6.45) is 0. The van der Waals surface area contributed by atoms with E-state index >= 15 is 0 Å². The molecule has 0 amide bonds. The number of hydrogen-bond donors (Lipinski definition) is 2. The van der Waals surface area contributed by atoms with Gasteiger partial charge in [-0.1, -0.05) is 72.8 Å². The highest BCUT2D eigenvalue weighted by molar-refractivity contribution is 5.84. The largest absolute Gasteiger partial charge is 0.506 e. The van der Waals surface area contributed by atoms with Crippen LogP contribution in [0.15, 0.2) is 121 Å². The normalized spacial score (nSPS) is 9.79. The number of aromatic hydroxyl groups is 2. The van der Waals surface area contributed by atoms with Crippen molar-refractivity contribution in [1.29, 1.82) is 0 Å². The topological polar surface area (TPSA) is 84.7 Å². The van der Waals surface area contributed by atoms with Gasteiger partial charge in [0.2, 0.25) is 0 Å². The molecule has 0 aliphatic heterocycles. The second-order valence-electron chi connectivity index (χ2n) is 8.40. The van der Waals surface area contributed by atoms with Gasteiger partial charge < -0.3 is 10.2 Å². The lowest BCUT2D eigenvalue weighted by atomic mass is 10.2. The van der Waals surface area contributed by atoms with Crippen molar-refractivity contribution >= 4 is 39.2 Å². The predicted octanol–water partition coefficient (Wildman–Crippen LogP) is 6.37. The van der Waals surface area contributed by atoms with Crippen LogP contribution in [0.4, 0.5) is 0 Å². The van der Waals surface area contributed by atoms with E-state index in [1.54, 1.807) is 12.1 Å². The van der Waals surface area contributed by atoms with E-state index in [-0.39, 0.29) is 28.9 Å². The van der Waals surface area contributed by atoms with Crippen LogP contribution in [0, 0.1) is 13.8 Å². The average molecular weight is 535 g/mol. The summed E-state index contributed by atoms with van der Waals surface area (Å²) in [7, 11) is 0. The quantitative estimate of drug-likeness (QED) is 0.156. The second kappa shape index (κ2) is 14.4. The second-order valence-corrected chi connectivity index (χ2v) is 8.40. The fraction of sp³-hybridized carbons (Fsp3) is 0.0625. The van der Waals surface area contributed by atoms with Crippen molar-refractivity contribution in [2.45, 2.75) is 13.8 Å². The summed E-state index contributed by atoms with van der Waals surface area (Å²) in [5.41, 5.74) is 3.20. The minimum Gasteiger partial charge on any atom is -0.506 e. The SMILES string of the molecule is Cc1ccc2cccc(O)c2n1.Cc1ccc2cccc(O)c2n1.[AlH3].c1ccc(OOc2ccccc2)cc1. The highest BCUT2D eigenvalue weighted by atomic mass is 27.0. The Hall–Kier alpha value is -4.57. The molecule has 0 spiro atoms. The van der Waals surface area contributed by atoms with Crippen molar-refractivity contribution in [2.75, 3.05) is 0 Å². The molecule has 2 N–H and O–H groups in total. The molecule has 0 aliphatic carbocycles. The maximum atomic E-state index is 9.43. The minimum atomic E-state index is 0. The van der Waals surface area contributed by atoms with Crippen molar-refractivity contribution in [3.05, 3.63) is 133 Å². The van der Waals surface area contributed by atoms with Crippen LogP contribution in [0.3, 0.4) is 0 Å². The van der Waals surface area contributed by atoms with Gasteiger partial charge in [-0.2, -0.15) is 0 Å². The maximum absolute atomic E-state index is 9.43. The first-order valence-corrected chi connectivity index (χ1v) is 12.0. The van der Waals surface area contributed by atoms with Crippen molar-refractivity contribution < 1.29 is 20.0 Å². The molecule has 2 aromatic heterocycles. The number of benzene rings is 4. The van der Waals surface area contributed by atoms with Crippen LogP contribution < -0.4 is 9.78 Å². The standard InChI is InChI=1S/C12H10O2.2C10H9NO.Al.3H/c1-3-7-11(8-4-1)13-14-12-9-5-2-6-10-12;2*1-7-5-6-8-3-2-4-9(12)10(8)11-7;;;;/h1-10H;2*2-6,12H,1H3;;;;. The van der Waals surface area contributed by atoms with Gasteiger partial charge in [0, 0.05) is 22.2 Å². The number of para-hydroxylation sites is 4. The third-order valence-electron chi connectivity index (χ3n) is 5.40. The molecule has 6 aromatic rings. The van der Waals surface area contributed by atoms with E-state index < -0.39 is 0 Å². The number of aryl methyl sites for hydroxylation is 2. The van der Waals surface area contributed by atoms with Gasteiger partial charge in [-0.15, -0.1) is 0 Å². The summed E-state index contributed by atoms with van der Waals surface area (Å²) < 4.78 is 0. The fourth-order valence-corrected chi connectivity index (χ4v) is 3.51. The van der Waals surface area contributed by atoms with Crippen LogP contribution in [0.5, 0.6) is 23.0 Å². The van der Waals surface area contributed by atoms with E-state index in [1.165, 1.54) is 0 Å². The molecule has 0 bridgehead atoms. The third kappa shape index (κ3) is 8.47. The van der Waals surface area contributed by atoms with Crippen molar-refractivity contribution in [3.8, 4) is 23.0 Å². The Morgan fingerprint density at radius 1 is 0.462 bits per heavy atom. The molecule has 7 heteroatoms. The van der Waals surface area contributed by atoms with Crippen molar-refractivity contribution in [3.63, 3.8) is 0 Å². The van der Waals surface area contributed by atoms with Crippen LogP contribution in [0.1, 0.15) is 11.4 Å². The molecule has 4 aromatic carbocycles. The summed E-state index contributed by atoms with van der Waals surface area (Å²) >= 11 is 0. The Labute approximate surface area is 238 Å². The van der Waals surface area contributed by atoms with E-state index in [9.17, 15) is 10.2 Å². The number of rotatable bonds is 3. The summed E-state index contributed by atoms with van der Waals surface area (Å²) in [4.78, 5) is 18.6. The maximum Gasteiger partial charge on any atom is 0.187 e. The lowest BCUT2D eigenvalue weighted by Gasteiger charge is -2.04. The van der Waals surface area contributed by atoms with E-state index in [1.807, 2.05) is 123 Å². The molecule has 39 heavy (non-hydrogen) atoms. The van der Waals surface area contributed by atoms with Crippen LogP contribution in [-0.2, 0) is 0 Å². The molecule has 196 valence electrons. The summed E-state index contributed by atoms with van der Waals surface area (Å²) in [5.74, 6) is 1.88. The Balaban J connectivity index is 0.000000160. The first-order chi connectivity index (χ1) is 18.5. The van der Waals surface area contributed by atoms with Crippen molar-refractivity contribution in [1.82, 2.24) is 9.97 Å². The number of phenols is 2. The zero-order valence-electron chi connectivity index (χ0n) is 21.2. The monoisotopic (exact) mass is 534 g/mol. The number of phenolic OH excluding ortho intramolecular Hbond substituents is 2. The number of aromatic nitrogens is 2. The number of pyridine rings is 2. The molecule has 0 unspecified atom stereocenters. The molecule has 0 aliphatic rings. The first kappa shape index (κ1) is 29.0. The molecule has 2 heterocycles. The minimum absolute atomic E-state index is 0. The van der Waals surface area contributed by atoms with Crippen LogP contribution in [0.25, 0.3) is 21.8 Å². The number of fused-ring (bicyclic) bond motifs is 2. The summed E-state index contributed by atoms with van der Waals surface area (Å²) in [5, 5.41) is 20.8. The molecule has 0 atom stereocenters. The van der Waals surface area contributed by atoms with E-state index in [0.717, 1.165) is 22.2 Å². The van der Waals surface area contributed by atoms with E-state index in [4.69, 9.17) is 9.78 Å². The Morgan fingerprint density at radius 2 is 0.846 bits per heavy atom. The van der Waals surface area contributed by atoms with E-state index in [0.29, 0.717) is 22.5 Å². The molecular formula is C32H31AlN2O4. The summed E-state index contributed by atoms with van der Waals surface area (Å²) in [6.45, 7) is 3.82. The fourth-order valence-electron chi connectivity index (χ4n) is 3.51. The molecular weight excluding hydrogens is 503 g/mol. The smallest absolute Gasteiger partial charge is 0.187 e. The Kier molecular flexibility index (Phi) is 10.7. The van der Waals surface area contributed by atoms with Gasteiger partial charge in [0.05, 0.1) is 0 Å². The zero-order chi connectivity index (χ0) is 26.7. The van der Waals surface area contributed by atoms with Gasteiger partial charge in [-0.3, -0.25) is 9.78 Å². The van der Waals surface area contributed by atoms with Crippen LogP contribution in [-0.4, -0.2) is 37.5 Å². The third-order valence-corrected chi connectivity index (χ3v) is 5.40. The number of hydrogen-bond acceptors (Lipinski definition) is 6. The summed E-state index contributed by atoms with van der Waals surface area (Å²) in [6, 6.07) is 37.3. The first-order valence-electron chi connectivity index (χ1n) is 12.0. The highest BCUT2D eigenvalue weighted by Gasteiger charge is 2.00.